The molecule has 2 rings (SSSR count). The molecule has 0 saturated heterocycles. The van der Waals surface area contributed by atoms with Crippen molar-refractivity contribution in [1.82, 2.24) is 10.9 Å². The largest absolute Gasteiger partial charge is 0.279 e. The summed E-state index contributed by atoms with van der Waals surface area (Å²) < 4.78 is 0. The third kappa shape index (κ3) is 3.80. The highest BCUT2D eigenvalue weighted by atomic mass is 32.1. The molecule has 0 fully saturated rings. The molecular weight excluding hydrogens is 260 g/mol. The number of nitrogens with one attached hydrogen (secondary N) is 2. The smallest absolute Gasteiger partial charge is 0.273 e. The van der Waals surface area contributed by atoms with Gasteiger partial charge in [0.25, 0.3) is 5.91 Å². The number of aryl methyl sites for hydroxylation is 2. The van der Waals surface area contributed by atoms with Crippen LogP contribution in [0.2, 0.25) is 0 Å². The number of rotatable bonds is 2. The summed E-state index contributed by atoms with van der Waals surface area (Å²) >= 11 is 1.56. The Morgan fingerprint density at radius 1 is 1.16 bits per heavy atom. The summed E-state index contributed by atoms with van der Waals surface area (Å²) in [5.74, 6) is -0.387. The molecule has 1 aliphatic carbocycles. The van der Waals surface area contributed by atoms with Crippen LogP contribution in [0.5, 0.6) is 0 Å². The first-order valence-electron chi connectivity index (χ1n) is 6.91. The van der Waals surface area contributed by atoms with Gasteiger partial charge in [-0.2, -0.15) is 0 Å². The summed E-state index contributed by atoms with van der Waals surface area (Å²) in [5, 5.41) is 0. The Kier molecular flexibility index (Phi) is 4.96. The van der Waals surface area contributed by atoms with E-state index in [9.17, 15) is 9.59 Å². The average Bonchev–Trinajstić information content (AvgIpc) is 2.78. The zero-order valence-electron chi connectivity index (χ0n) is 11.3. The van der Waals surface area contributed by atoms with Gasteiger partial charge < -0.3 is 0 Å². The molecule has 4 nitrogen and oxygen atoms in total. The second kappa shape index (κ2) is 6.70. The van der Waals surface area contributed by atoms with E-state index in [1.165, 1.54) is 36.1 Å². The lowest BCUT2D eigenvalue weighted by atomic mass is 10.00. The minimum atomic E-state index is -0.210. The van der Waals surface area contributed by atoms with Crippen molar-refractivity contribution in [3.05, 3.63) is 21.4 Å². The van der Waals surface area contributed by atoms with Gasteiger partial charge in [0, 0.05) is 11.3 Å². The number of hydrogen-bond donors (Lipinski definition) is 2. The first-order chi connectivity index (χ1) is 9.20. The number of fused-ring (bicyclic) bond motifs is 1. The van der Waals surface area contributed by atoms with Crippen molar-refractivity contribution in [1.29, 1.82) is 0 Å². The first kappa shape index (κ1) is 14.1. The summed E-state index contributed by atoms with van der Waals surface area (Å²) in [5.41, 5.74) is 6.18. The summed E-state index contributed by atoms with van der Waals surface area (Å²) in [4.78, 5) is 25.1. The van der Waals surface area contributed by atoms with Crippen LogP contribution in [0.15, 0.2) is 6.07 Å². The van der Waals surface area contributed by atoms with Gasteiger partial charge >= 0.3 is 0 Å². The monoisotopic (exact) mass is 280 g/mol. The molecule has 0 spiro atoms. The summed E-state index contributed by atoms with van der Waals surface area (Å²) in [7, 11) is 0. The van der Waals surface area contributed by atoms with Crippen molar-refractivity contribution in [2.24, 2.45) is 0 Å². The van der Waals surface area contributed by atoms with E-state index in [1.54, 1.807) is 18.3 Å². The second-order valence-electron chi connectivity index (χ2n) is 4.83. The van der Waals surface area contributed by atoms with Crippen molar-refractivity contribution >= 4 is 23.2 Å². The number of carbonyl (C=O) groups is 2. The maximum Gasteiger partial charge on any atom is 0.279 e. The van der Waals surface area contributed by atoms with Crippen molar-refractivity contribution in [3.8, 4) is 0 Å². The molecule has 1 heterocycles. The van der Waals surface area contributed by atoms with Gasteiger partial charge in [-0.15, -0.1) is 11.3 Å². The molecule has 5 heteroatoms. The van der Waals surface area contributed by atoms with E-state index >= 15 is 0 Å². The highest BCUT2D eigenvalue weighted by Gasteiger charge is 2.16. The average molecular weight is 280 g/mol. The van der Waals surface area contributed by atoms with Crippen LogP contribution in [0, 0.1) is 0 Å². The predicted molar refractivity (Wildman–Crippen MR) is 76.1 cm³/mol. The SMILES string of the molecule is CCC(=O)NNC(=O)c1cc2c(s1)CCCCCC2. The standard InChI is InChI=1S/C14H20N2O2S/c1-2-13(17)15-16-14(18)12-9-10-7-5-3-4-6-8-11(10)19-12/h9H,2-8H2,1H3,(H,15,17)(H,16,18). The molecular formula is C14H20N2O2S. The van der Waals surface area contributed by atoms with Gasteiger partial charge in [-0.25, -0.2) is 0 Å². The third-order valence-corrected chi connectivity index (χ3v) is 4.59. The third-order valence-electron chi connectivity index (χ3n) is 3.36. The van der Waals surface area contributed by atoms with Crippen LogP contribution in [0.4, 0.5) is 0 Å². The van der Waals surface area contributed by atoms with Gasteiger partial charge in [0.05, 0.1) is 4.88 Å². The topological polar surface area (TPSA) is 58.2 Å². The Bertz CT molecular complexity index is 443. The Morgan fingerprint density at radius 3 is 2.63 bits per heavy atom. The number of hydrogen-bond acceptors (Lipinski definition) is 3. The number of amides is 2. The molecule has 0 aromatic carbocycles. The summed E-state index contributed by atoms with van der Waals surface area (Å²) in [6.07, 6.45) is 7.49. The van der Waals surface area contributed by atoms with E-state index in [0.29, 0.717) is 11.3 Å². The van der Waals surface area contributed by atoms with Crippen LogP contribution in [-0.4, -0.2) is 11.8 Å². The molecule has 1 aromatic rings. The summed E-state index contributed by atoms with van der Waals surface area (Å²) in [6.45, 7) is 1.75. The lowest BCUT2D eigenvalue weighted by Gasteiger charge is -2.07. The molecule has 0 radical (unpaired) electrons. The van der Waals surface area contributed by atoms with Crippen LogP contribution in [0.1, 0.15) is 59.1 Å². The Hall–Kier alpha value is -1.36. The molecule has 0 saturated carbocycles. The van der Waals surface area contributed by atoms with E-state index in [-0.39, 0.29) is 11.8 Å². The maximum atomic E-state index is 11.9. The van der Waals surface area contributed by atoms with Crippen LogP contribution < -0.4 is 10.9 Å². The van der Waals surface area contributed by atoms with E-state index in [4.69, 9.17) is 0 Å². The van der Waals surface area contributed by atoms with Gasteiger partial charge in [-0.3, -0.25) is 20.4 Å². The Morgan fingerprint density at radius 2 is 1.89 bits per heavy atom. The summed E-state index contributed by atoms with van der Waals surface area (Å²) in [6, 6.07) is 1.98. The molecule has 19 heavy (non-hydrogen) atoms. The van der Waals surface area contributed by atoms with Crippen molar-refractivity contribution in [2.45, 2.75) is 51.9 Å². The van der Waals surface area contributed by atoms with Crippen LogP contribution in [0.3, 0.4) is 0 Å². The zero-order chi connectivity index (χ0) is 13.7. The quantitative estimate of drug-likeness (QED) is 0.818. The number of carbonyl (C=O) groups excluding carboxylic acids is 2. The van der Waals surface area contributed by atoms with Crippen LogP contribution in [-0.2, 0) is 17.6 Å². The normalized spacial score (nSPS) is 15.0. The zero-order valence-corrected chi connectivity index (χ0v) is 12.1. The molecule has 0 atom stereocenters. The van der Waals surface area contributed by atoms with Gasteiger partial charge in [-0.05, 0) is 37.3 Å². The van der Waals surface area contributed by atoms with Gasteiger partial charge in [-0.1, -0.05) is 19.8 Å². The second-order valence-corrected chi connectivity index (χ2v) is 5.97. The highest BCUT2D eigenvalue weighted by molar-refractivity contribution is 7.14. The van der Waals surface area contributed by atoms with Gasteiger partial charge in [0.15, 0.2) is 0 Å². The fourth-order valence-corrected chi connectivity index (χ4v) is 3.38. The van der Waals surface area contributed by atoms with E-state index in [2.05, 4.69) is 10.9 Å². The van der Waals surface area contributed by atoms with Crippen LogP contribution >= 0.6 is 11.3 Å². The predicted octanol–water partition coefficient (Wildman–Crippen LogP) is 2.58. The molecule has 0 bridgehead atoms. The highest BCUT2D eigenvalue weighted by Crippen LogP contribution is 2.28. The lowest BCUT2D eigenvalue weighted by Crippen LogP contribution is -2.40. The molecule has 104 valence electrons. The molecule has 2 N–H and O–H groups in total. The van der Waals surface area contributed by atoms with Crippen molar-refractivity contribution in [2.75, 3.05) is 0 Å². The molecule has 1 aromatic heterocycles. The number of hydrazine groups is 1. The fourth-order valence-electron chi connectivity index (χ4n) is 2.23. The molecule has 0 unspecified atom stereocenters. The molecule has 2 amide bonds. The van der Waals surface area contributed by atoms with Crippen molar-refractivity contribution < 1.29 is 9.59 Å². The molecule has 1 aliphatic rings. The van der Waals surface area contributed by atoms with E-state index in [0.717, 1.165) is 12.8 Å². The molecule has 0 aliphatic heterocycles. The van der Waals surface area contributed by atoms with E-state index < -0.39 is 0 Å². The minimum absolute atomic E-state index is 0.178. The fraction of sp³-hybridized carbons (Fsp3) is 0.571. The van der Waals surface area contributed by atoms with Gasteiger partial charge in [0.2, 0.25) is 5.91 Å². The lowest BCUT2D eigenvalue weighted by molar-refractivity contribution is -0.121. The van der Waals surface area contributed by atoms with Gasteiger partial charge in [0.1, 0.15) is 0 Å². The number of thiophene rings is 1. The van der Waals surface area contributed by atoms with Crippen molar-refractivity contribution in [3.63, 3.8) is 0 Å². The first-order valence-corrected chi connectivity index (χ1v) is 7.73. The van der Waals surface area contributed by atoms with E-state index in [1.807, 2.05) is 6.07 Å². The maximum absolute atomic E-state index is 11.9. The van der Waals surface area contributed by atoms with Crippen LogP contribution in [0.25, 0.3) is 0 Å². The minimum Gasteiger partial charge on any atom is -0.273 e. The Balaban J connectivity index is 2.02. The Labute approximate surface area is 117 Å².